The summed E-state index contributed by atoms with van der Waals surface area (Å²) in [6.45, 7) is 7.73. The molecule has 0 spiro atoms. The van der Waals surface area contributed by atoms with Crippen LogP contribution in [0.1, 0.15) is 53.4 Å². The average Bonchev–Trinajstić information content (AvgIpc) is 2.29. The van der Waals surface area contributed by atoms with Crippen molar-refractivity contribution in [3.05, 3.63) is 23.3 Å². The lowest BCUT2D eigenvalue weighted by molar-refractivity contribution is -0.150. The van der Waals surface area contributed by atoms with Crippen LogP contribution in [0.2, 0.25) is 0 Å². The largest absolute Gasteiger partial charge is 0.365 e. The summed E-state index contributed by atoms with van der Waals surface area (Å²) in [5.41, 5.74) is 2.08. The summed E-state index contributed by atoms with van der Waals surface area (Å²) < 4.78 is 11.1. The van der Waals surface area contributed by atoms with Gasteiger partial charge in [0.2, 0.25) is 0 Å². The minimum Gasteiger partial charge on any atom is -0.365 e. The maximum absolute atomic E-state index is 9.70. The summed E-state index contributed by atoms with van der Waals surface area (Å²) in [6.07, 6.45) is 5.31. The SMILES string of the molecule is CC(C)=CC(O)OC1CCC(OC(O)C=C(C)C)CC1. The van der Waals surface area contributed by atoms with Gasteiger partial charge in [-0.1, -0.05) is 11.1 Å². The highest BCUT2D eigenvalue weighted by Gasteiger charge is 2.24. The van der Waals surface area contributed by atoms with Crippen LogP contribution >= 0.6 is 0 Å². The smallest absolute Gasteiger partial charge is 0.174 e. The first-order chi connectivity index (χ1) is 9.36. The third kappa shape index (κ3) is 7.20. The van der Waals surface area contributed by atoms with E-state index in [1.54, 1.807) is 12.2 Å². The third-order valence-corrected chi connectivity index (χ3v) is 3.24. The van der Waals surface area contributed by atoms with Crippen molar-refractivity contribution < 1.29 is 19.7 Å². The third-order valence-electron chi connectivity index (χ3n) is 3.24. The van der Waals surface area contributed by atoms with E-state index in [0.29, 0.717) is 0 Å². The van der Waals surface area contributed by atoms with Crippen molar-refractivity contribution in [1.29, 1.82) is 0 Å². The zero-order chi connectivity index (χ0) is 15.1. The number of hydrogen-bond acceptors (Lipinski definition) is 4. The topological polar surface area (TPSA) is 58.9 Å². The first-order valence-electron chi connectivity index (χ1n) is 7.34. The zero-order valence-electron chi connectivity index (χ0n) is 13.0. The molecule has 0 aromatic heterocycles. The summed E-state index contributed by atoms with van der Waals surface area (Å²) in [4.78, 5) is 0. The maximum Gasteiger partial charge on any atom is 0.174 e. The van der Waals surface area contributed by atoms with Crippen LogP contribution in [0.25, 0.3) is 0 Å². The van der Waals surface area contributed by atoms with Crippen LogP contribution in [0.15, 0.2) is 23.3 Å². The Bertz CT molecular complexity index is 298. The van der Waals surface area contributed by atoms with E-state index in [2.05, 4.69) is 0 Å². The predicted octanol–water partition coefficient (Wildman–Crippen LogP) is 2.90. The molecular weight excluding hydrogens is 256 g/mol. The van der Waals surface area contributed by atoms with E-state index >= 15 is 0 Å². The summed E-state index contributed by atoms with van der Waals surface area (Å²) in [7, 11) is 0. The summed E-state index contributed by atoms with van der Waals surface area (Å²) >= 11 is 0. The summed E-state index contributed by atoms with van der Waals surface area (Å²) in [5, 5.41) is 19.4. The monoisotopic (exact) mass is 284 g/mol. The summed E-state index contributed by atoms with van der Waals surface area (Å²) in [6, 6.07) is 0. The van der Waals surface area contributed by atoms with E-state index < -0.39 is 12.6 Å². The van der Waals surface area contributed by atoms with E-state index in [1.807, 2.05) is 27.7 Å². The quantitative estimate of drug-likeness (QED) is 0.581. The van der Waals surface area contributed by atoms with Crippen LogP contribution in [0, 0.1) is 0 Å². The van der Waals surface area contributed by atoms with Gasteiger partial charge in [0.1, 0.15) is 0 Å². The fourth-order valence-corrected chi connectivity index (χ4v) is 2.35. The van der Waals surface area contributed by atoms with Gasteiger partial charge in [-0.05, 0) is 65.5 Å². The van der Waals surface area contributed by atoms with Crippen molar-refractivity contribution in [2.45, 2.75) is 78.2 Å². The van der Waals surface area contributed by atoms with Gasteiger partial charge in [0.25, 0.3) is 0 Å². The number of hydrogen-bond donors (Lipinski definition) is 2. The molecule has 0 aliphatic heterocycles. The van der Waals surface area contributed by atoms with Gasteiger partial charge in [-0.3, -0.25) is 0 Å². The minimum atomic E-state index is -0.821. The number of aliphatic hydroxyl groups is 2. The molecule has 0 amide bonds. The van der Waals surface area contributed by atoms with Crippen LogP contribution < -0.4 is 0 Å². The van der Waals surface area contributed by atoms with Crippen molar-refractivity contribution in [3.63, 3.8) is 0 Å². The number of allylic oxidation sites excluding steroid dienone is 2. The van der Waals surface area contributed by atoms with Crippen LogP contribution in [0.3, 0.4) is 0 Å². The second-order valence-corrected chi connectivity index (χ2v) is 5.94. The Morgan fingerprint density at radius 2 is 1.10 bits per heavy atom. The van der Waals surface area contributed by atoms with Gasteiger partial charge in [0.05, 0.1) is 12.2 Å². The van der Waals surface area contributed by atoms with Gasteiger partial charge in [-0.25, -0.2) is 0 Å². The molecule has 1 rings (SSSR count). The molecule has 4 nitrogen and oxygen atoms in total. The van der Waals surface area contributed by atoms with Crippen molar-refractivity contribution in [3.8, 4) is 0 Å². The average molecular weight is 284 g/mol. The molecule has 2 N–H and O–H groups in total. The van der Waals surface area contributed by atoms with Crippen molar-refractivity contribution in [1.82, 2.24) is 0 Å². The summed E-state index contributed by atoms with van der Waals surface area (Å²) in [5.74, 6) is 0. The first-order valence-corrected chi connectivity index (χ1v) is 7.34. The van der Waals surface area contributed by atoms with E-state index in [1.165, 1.54) is 0 Å². The number of ether oxygens (including phenoxy) is 2. The van der Waals surface area contributed by atoms with Crippen LogP contribution in [-0.2, 0) is 9.47 Å². The minimum absolute atomic E-state index is 0.0704. The van der Waals surface area contributed by atoms with Crippen molar-refractivity contribution in [2.24, 2.45) is 0 Å². The Morgan fingerprint density at radius 3 is 1.35 bits per heavy atom. The molecule has 0 saturated heterocycles. The fraction of sp³-hybridized carbons (Fsp3) is 0.750. The zero-order valence-corrected chi connectivity index (χ0v) is 13.0. The molecule has 1 saturated carbocycles. The van der Waals surface area contributed by atoms with Gasteiger partial charge in [0, 0.05) is 0 Å². The van der Waals surface area contributed by atoms with Gasteiger partial charge >= 0.3 is 0 Å². The molecule has 20 heavy (non-hydrogen) atoms. The highest BCUT2D eigenvalue weighted by Crippen LogP contribution is 2.25. The van der Waals surface area contributed by atoms with Gasteiger partial charge in [-0.15, -0.1) is 0 Å². The molecule has 1 fully saturated rings. The lowest BCUT2D eigenvalue weighted by atomic mass is 9.95. The molecule has 2 unspecified atom stereocenters. The van der Waals surface area contributed by atoms with Crippen LogP contribution in [0.5, 0.6) is 0 Å². The Balaban J connectivity index is 2.30. The highest BCUT2D eigenvalue weighted by atomic mass is 16.6. The second kappa shape index (κ2) is 8.57. The van der Waals surface area contributed by atoms with E-state index in [-0.39, 0.29) is 12.2 Å². The Morgan fingerprint density at radius 1 is 0.800 bits per heavy atom. The number of aliphatic hydroxyl groups excluding tert-OH is 2. The van der Waals surface area contributed by atoms with Gasteiger partial charge < -0.3 is 19.7 Å². The molecule has 0 aromatic rings. The van der Waals surface area contributed by atoms with E-state index in [4.69, 9.17) is 9.47 Å². The maximum atomic E-state index is 9.70. The Hall–Kier alpha value is -0.680. The molecule has 0 aromatic carbocycles. The molecule has 1 aliphatic carbocycles. The predicted molar refractivity (Wildman–Crippen MR) is 79.1 cm³/mol. The normalized spacial score (nSPS) is 25.7. The lowest BCUT2D eigenvalue weighted by Crippen LogP contribution is -2.31. The molecule has 116 valence electrons. The Labute approximate surface area is 122 Å². The van der Waals surface area contributed by atoms with Gasteiger partial charge in [-0.2, -0.15) is 0 Å². The van der Waals surface area contributed by atoms with Crippen LogP contribution in [0.4, 0.5) is 0 Å². The van der Waals surface area contributed by atoms with Crippen molar-refractivity contribution in [2.75, 3.05) is 0 Å². The second-order valence-electron chi connectivity index (χ2n) is 5.94. The molecule has 0 heterocycles. The molecule has 2 atom stereocenters. The molecule has 0 bridgehead atoms. The molecule has 1 aliphatic rings. The Kier molecular flexibility index (Phi) is 7.45. The van der Waals surface area contributed by atoms with E-state index in [9.17, 15) is 10.2 Å². The van der Waals surface area contributed by atoms with Crippen LogP contribution in [-0.4, -0.2) is 35.0 Å². The standard InChI is InChI=1S/C16H28O4/c1-11(2)9-15(17)19-13-5-7-14(8-6-13)20-16(18)10-12(3)4/h9-10,13-18H,5-8H2,1-4H3. The molecular formula is C16H28O4. The molecule has 4 heteroatoms. The lowest BCUT2D eigenvalue weighted by Gasteiger charge is -2.30. The first kappa shape index (κ1) is 17.4. The number of rotatable bonds is 6. The van der Waals surface area contributed by atoms with Gasteiger partial charge in [0.15, 0.2) is 12.6 Å². The van der Waals surface area contributed by atoms with Crippen molar-refractivity contribution >= 4 is 0 Å². The molecule has 0 radical (unpaired) electrons. The van der Waals surface area contributed by atoms with E-state index in [0.717, 1.165) is 36.8 Å². The highest BCUT2D eigenvalue weighted by molar-refractivity contribution is 4.96. The fourth-order valence-electron chi connectivity index (χ4n) is 2.35.